The van der Waals surface area contributed by atoms with Crippen molar-refractivity contribution in [2.45, 2.75) is 18.8 Å². The molecule has 23 heavy (non-hydrogen) atoms. The van der Waals surface area contributed by atoms with Crippen molar-refractivity contribution in [3.05, 3.63) is 16.7 Å². The van der Waals surface area contributed by atoms with Gasteiger partial charge in [-0.15, -0.1) is 12.4 Å². The summed E-state index contributed by atoms with van der Waals surface area (Å²) in [5, 5.41) is 3.65. The van der Waals surface area contributed by atoms with E-state index in [-0.39, 0.29) is 24.2 Å². The van der Waals surface area contributed by atoms with Gasteiger partial charge in [-0.05, 0) is 37.9 Å². The fourth-order valence-electron chi connectivity index (χ4n) is 3.27. The predicted octanol–water partition coefficient (Wildman–Crippen LogP) is 1.68. The van der Waals surface area contributed by atoms with Crippen molar-refractivity contribution in [2.75, 3.05) is 32.0 Å². The number of rotatable bonds is 3. The second kappa shape index (κ2) is 7.47. The molecule has 1 aromatic carbocycles. The molecule has 0 aromatic heterocycles. The molecule has 1 aromatic rings. The predicted molar refractivity (Wildman–Crippen MR) is 91.6 cm³/mol. The van der Waals surface area contributed by atoms with Crippen molar-refractivity contribution in [1.82, 2.24) is 5.32 Å². The highest BCUT2D eigenvalue weighted by atomic mass is 35.5. The number of piperidine rings is 1. The van der Waals surface area contributed by atoms with E-state index in [9.17, 15) is 4.79 Å². The maximum atomic E-state index is 12.1. The van der Waals surface area contributed by atoms with Crippen LogP contribution < -0.4 is 26.3 Å². The fourth-order valence-corrected chi connectivity index (χ4v) is 3.47. The number of anilines is 1. The Morgan fingerprint density at radius 1 is 1.26 bits per heavy atom. The van der Waals surface area contributed by atoms with Gasteiger partial charge < -0.3 is 26.3 Å². The summed E-state index contributed by atoms with van der Waals surface area (Å²) in [7, 11) is 0. The first-order valence-corrected chi connectivity index (χ1v) is 7.85. The number of nitrogen functional groups attached to an aromatic ring is 1. The molecule has 1 unspecified atom stereocenters. The number of carbonyl (C=O) groups is 1. The number of amides is 1. The van der Waals surface area contributed by atoms with E-state index in [1.54, 1.807) is 6.07 Å². The SMILES string of the molecule is Cl.NC(=O)C(c1cc(Cl)c(N)c2c1OCCO2)C1CCNCC1. The van der Waals surface area contributed by atoms with Gasteiger partial charge in [0.1, 0.15) is 13.2 Å². The standard InChI is InChI=1S/C15H20ClN3O3.ClH/c16-10-7-9(13-14(12(10)17)22-6-5-21-13)11(15(18)20)8-1-3-19-4-2-8;/h7-8,11,19H,1-6,17H2,(H2,18,20);1H. The van der Waals surface area contributed by atoms with Gasteiger partial charge in [0.15, 0.2) is 11.5 Å². The van der Waals surface area contributed by atoms with Crippen LogP contribution >= 0.6 is 24.0 Å². The zero-order valence-electron chi connectivity index (χ0n) is 12.6. The van der Waals surface area contributed by atoms with E-state index in [0.717, 1.165) is 25.9 Å². The summed E-state index contributed by atoms with van der Waals surface area (Å²) in [4.78, 5) is 12.1. The second-order valence-corrected chi connectivity index (χ2v) is 6.09. The average molecular weight is 362 g/mol. The minimum Gasteiger partial charge on any atom is -0.486 e. The van der Waals surface area contributed by atoms with Gasteiger partial charge >= 0.3 is 0 Å². The van der Waals surface area contributed by atoms with Crippen LogP contribution in [0.2, 0.25) is 5.02 Å². The van der Waals surface area contributed by atoms with Gasteiger partial charge in [0.2, 0.25) is 5.91 Å². The number of ether oxygens (including phenoxy) is 2. The van der Waals surface area contributed by atoms with Crippen molar-refractivity contribution < 1.29 is 14.3 Å². The van der Waals surface area contributed by atoms with Crippen molar-refractivity contribution in [3.63, 3.8) is 0 Å². The first-order chi connectivity index (χ1) is 10.6. The highest BCUT2D eigenvalue weighted by Gasteiger charge is 2.35. The molecule has 0 bridgehead atoms. The van der Waals surface area contributed by atoms with Gasteiger partial charge in [-0.1, -0.05) is 11.6 Å². The van der Waals surface area contributed by atoms with E-state index in [1.807, 2.05) is 0 Å². The van der Waals surface area contributed by atoms with Gasteiger partial charge in [0.05, 0.1) is 16.6 Å². The first-order valence-electron chi connectivity index (χ1n) is 7.47. The second-order valence-electron chi connectivity index (χ2n) is 5.68. The van der Waals surface area contributed by atoms with Gasteiger partial charge in [-0.2, -0.15) is 0 Å². The maximum Gasteiger partial charge on any atom is 0.225 e. The highest BCUT2D eigenvalue weighted by Crippen LogP contribution is 2.48. The summed E-state index contributed by atoms with van der Waals surface area (Å²) >= 11 is 6.21. The number of hydrogen-bond acceptors (Lipinski definition) is 5. The van der Waals surface area contributed by atoms with E-state index in [0.29, 0.717) is 41.0 Å². The van der Waals surface area contributed by atoms with Crippen LogP contribution in [0.1, 0.15) is 24.3 Å². The van der Waals surface area contributed by atoms with Gasteiger partial charge in [-0.3, -0.25) is 4.79 Å². The molecule has 0 saturated carbocycles. The van der Waals surface area contributed by atoms with E-state index in [2.05, 4.69) is 5.32 Å². The minimum atomic E-state index is -0.448. The Morgan fingerprint density at radius 2 is 1.87 bits per heavy atom. The molecule has 3 rings (SSSR count). The van der Waals surface area contributed by atoms with Crippen LogP contribution in [0.25, 0.3) is 0 Å². The number of hydrogen-bond donors (Lipinski definition) is 3. The third kappa shape index (κ3) is 3.44. The third-order valence-corrected chi connectivity index (χ3v) is 4.64. The lowest BCUT2D eigenvalue weighted by molar-refractivity contribution is -0.120. The number of nitrogens with one attached hydrogen (secondary N) is 1. The molecular formula is C15H21Cl2N3O3. The number of fused-ring (bicyclic) bond motifs is 1. The summed E-state index contributed by atoms with van der Waals surface area (Å²) < 4.78 is 11.3. The molecule has 1 fully saturated rings. The summed E-state index contributed by atoms with van der Waals surface area (Å²) in [5.41, 5.74) is 12.7. The summed E-state index contributed by atoms with van der Waals surface area (Å²) in [6.45, 7) is 2.57. The molecule has 0 radical (unpaired) electrons. The van der Waals surface area contributed by atoms with Crippen LogP contribution in [0.3, 0.4) is 0 Å². The highest BCUT2D eigenvalue weighted by molar-refractivity contribution is 6.33. The van der Waals surface area contributed by atoms with E-state index in [1.165, 1.54) is 0 Å². The Kier molecular flexibility index (Phi) is 5.84. The Labute approximate surface area is 146 Å². The molecule has 2 heterocycles. The molecule has 2 aliphatic rings. The molecule has 128 valence electrons. The van der Waals surface area contributed by atoms with Crippen LogP contribution in [0.5, 0.6) is 11.5 Å². The molecule has 2 aliphatic heterocycles. The molecule has 1 amide bonds. The molecule has 0 aliphatic carbocycles. The largest absolute Gasteiger partial charge is 0.486 e. The quantitative estimate of drug-likeness (QED) is 0.711. The van der Waals surface area contributed by atoms with Crippen LogP contribution in [-0.2, 0) is 4.79 Å². The lowest BCUT2D eigenvalue weighted by Gasteiger charge is -2.32. The summed E-state index contributed by atoms with van der Waals surface area (Å²) in [6, 6.07) is 1.70. The molecule has 1 atom stereocenters. The number of benzene rings is 1. The molecule has 1 saturated heterocycles. The number of nitrogens with two attached hydrogens (primary N) is 2. The van der Waals surface area contributed by atoms with E-state index >= 15 is 0 Å². The summed E-state index contributed by atoms with van der Waals surface area (Å²) in [5.74, 6) is 0.275. The zero-order chi connectivity index (χ0) is 15.7. The zero-order valence-corrected chi connectivity index (χ0v) is 14.2. The van der Waals surface area contributed by atoms with Crippen molar-refractivity contribution >= 4 is 35.6 Å². The van der Waals surface area contributed by atoms with Gasteiger partial charge in [-0.25, -0.2) is 0 Å². The normalized spacial score (nSPS) is 18.8. The monoisotopic (exact) mass is 361 g/mol. The van der Waals surface area contributed by atoms with Crippen molar-refractivity contribution in [2.24, 2.45) is 11.7 Å². The van der Waals surface area contributed by atoms with Crippen LogP contribution in [0.4, 0.5) is 5.69 Å². The Morgan fingerprint density at radius 3 is 2.48 bits per heavy atom. The van der Waals surface area contributed by atoms with E-state index < -0.39 is 5.92 Å². The Balaban J connectivity index is 0.00000192. The van der Waals surface area contributed by atoms with Crippen LogP contribution in [0.15, 0.2) is 6.07 Å². The number of carbonyl (C=O) groups excluding carboxylic acids is 1. The Bertz CT molecular complexity index is 592. The van der Waals surface area contributed by atoms with Crippen molar-refractivity contribution in [3.8, 4) is 11.5 Å². The lowest BCUT2D eigenvalue weighted by atomic mass is 9.79. The number of primary amides is 1. The Hall–Kier alpha value is -1.37. The fraction of sp³-hybridized carbons (Fsp3) is 0.533. The molecular weight excluding hydrogens is 341 g/mol. The van der Waals surface area contributed by atoms with Gasteiger partial charge in [0.25, 0.3) is 0 Å². The maximum absolute atomic E-state index is 12.1. The van der Waals surface area contributed by atoms with Crippen LogP contribution in [-0.4, -0.2) is 32.2 Å². The molecule has 0 spiro atoms. The van der Waals surface area contributed by atoms with Gasteiger partial charge in [0, 0.05) is 5.56 Å². The smallest absolute Gasteiger partial charge is 0.225 e. The third-order valence-electron chi connectivity index (χ3n) is 4.33. The lowest BCUT2D eigenvalue weighted by Crippen LogP contribution is -2.36. The first kappa shape index (κ1) is 18.0. The average Bonchev–Trinajstić information content (AvgIpc) is 2.53. The van der Waals surface area contributed by atoms with E-state index in [4.69, 9.17) is 32.5 Å². The van der Waals surface area contributed by atoms with Crippen molar-refractivity contribution in [1.29, 1.82) is 0 Å². The molecule has 5 N–H and O–H groups in total. The molecule has 6 nitrogen and oxygen atoms in total. The molecule has 8 heteroatoms. The number of halogens is 2. The van der Waals surface area contributed by atoms with Crippen LogP contribution in [0, 0.1) is 5.92 Å². The summed E-state index contributed by atoms with van der Waals surface area (Å²) in [6.07, 6.45) is 1.76. The topological polar surface area (TPSA) is 99.6 Å². The minimum absolute atomic E-state index is 0.